The zero-order valence-electron chi connectivity index (χ0n) is 6.60. The quantitative estimate of drug-likeness (QED) is 0.383. The third-order valence-corrected chi connectivity index (χ3v) is 0.431. The summed E-state index contributed by atoms with van der Waals surface area (Å²) in [5.74, 6) is -1.92. The van der Waals surface area contributed by atoms with Crippen LogP contribution in [0.1, 0.15) is 6.92 Å². The molecule has 0 spiro atoms. The molecule has 0 rings (SSSR count). The van der Waals surface area contributed by atoms with Gasteiger partial charge in [-0.25, -0.2) is 4.79 Å². The summed E-state index contributed by atoms with van der Waals surface area (Å²) in [4.78, 5) is 22.0. The summed E-state index contributed by atoms with van der Waals surface area (Å²) in [6.45, 7) is 1.14. The number of carbonyl (C=O) groups is 2. The molecule has 0 atom stereocenters. The number of aliphatic imine (C=N–C) groups is 1. The number of nitrogens with zero attached hydrogens (tertiary/aromatic N) is 1. The Kier molecular flexibility index (Phi) is 19.9. The van der Waals surface area contributed by atoms with Crippen molar-refractivity contribution in [3.63, 3.8) is 0 Å². The van der Waals surface area contributed by atoms with Crippen LogP contribution in [0.15, 0.2) is 4.99 Å². The van der Waals surface area contributed by atoms with Crippen molar-refractivity contribution in [2.75, 3.05) is 13.2 Å². The first kappa shape index (κ1) is 18.4. The monoisotopic (exact) mass is 201 g/mol. The summed E-state index contributed by atoms with van der Waals surface area (Å²) >= 11 is 0. The van der Waals surface area contributed by atoms with E-state index in [1.165, 1.54) is 0 Å². The number of aliphatic hydroxyl groups excluding tert-OH is 1. The zero-order chi connectivity index (χ0) is 9.98. The molecule has 0 heterocycles. The fourth-order valence-corrected chi connectivity index (χ4v) is 0.200. The SMILES string of the molecule is CC(=O)O.O=C(O)C=NCCO.[NaH]. The van der Waals surface area contributed by atoms with Gasteiger partial charge in [0.25, 0.3) is 5.97 Å². The number of hydrogen-bond donors (Lipinski definition) is 3. The van der Waals surface area contributed by atoms with Gasteiger partial charge in [-0.15, -0.1) is 0 Å². The molecular formula is C6H12NNaO5. The Morgan fingerprint density at radius 1 is 1.38 bits per heavy atom. The number of aliphatic hydroxyl groups is 1. The molecule has 3 N–H and O–H groups in total. The number of hydrogen-bond acceptors (Lipinski definition) is 4. The van der Waals surface area contributed by atoms with Crippen molar-refractivity contribution >= 4 is 47.7 Å². The van der Waals surface area contributed by atoms with E-state index < -0.39 is 11.9 Å². The molecule has 0 fully saturated rings. The Labute approximate surface area is 97.6 Å². The first-order valence-electron chi connectivity index (χ1n) is 3.03. The van der Waals surface area contributed by atoms with E-state index in [1.54, 1.807) is 0 Å². The van der Waals surface area contributed by atoms with E-state index in [9.17, 15) is 4.79 Å². The van der Waals surface area contributed by atoms with Gasteiger partial charge >= 0.3 is 35.5 Å². The van der Waals surface area contributed by atoms with Gasteiger partial charge in [-0.1, -0.05) is 0 Å². The Balaban J connectivity index is -0.000000173. The van der Waals surface area contributed by atoms with E-state index in [4.69, 9.17) is 20.1 Å². The van der Waals surface area contributed by atoms with Crippen LogP contribution in [-0.2, 0) is 9.59 Å². The Hall–Kier alpha value is -0.430. The molecule has 0 saturated carbocycles. The van der Waals surface area contributed by atoms with Crippen LogP contribution in [-0.4, -0.2) is 76.2 Å². The average molecular weight is 201 g/mol. The maximum absolute atomic E-state index is 9.64. The Morgan fingerprint density at radius 2 is 1.77 bits per heavy atom. The van der Waals surface area contributed by atoms with Crippen LogP contribution in [0.2, 0.25) is 0 Å². The average Bonchev–Trinajstić information content (AvgIpc) is 1.86. The van der Waals surface area contributed by atoms with Gasteiger partial charge in [0.2, 0.25) is 0 Å². The third kappa shape index (κ3) is 50.7. The van der Waals surface area contributed by atoms with Gasteiger partial charge in [-0.2, -0.15) is 0 Å². The van der Waals surface area contributed by atoms with Crippen LogP contribution >= 0.6 is 0 Å². The molecule has 72 valence electrons. The van der Waals surface area contributed by atoms with Crippen LogP contribution in [0.5, 0.6) is 0 Å². The summed E-state index contributed by atoms with van der Waals surface area (Å²) in [6.07, 6.45) is 0.760. The summed E-state index contributed by atoms with van der Waals surface area (Å²) in [5.41, 5.74) is 0. The van der Waals surface area contributed by atoms with Crippen molar-refractivity contribution in [3.05, 3.63) is 0 Å². The first-order valence-corrected chi connectivity index (χ1v) is 3.03. The van der Waals surface area contributed by atoms with Crippen LogP contribution in [0.25, 0.3) is 0 Å². The van der Waals surface area contributed by atoms with E-state index in [0.717, 1.165) is 13.1 Å². The number of aliphatic carboxylic acids is 2. The number of carboxylic acid groups (broad SMARTS) is 2. The van der Waals surface area contributed by atoms with Gasteiger partial charge in [0.15, 0.2) is 0 Å². The molecule has 13 heavy (non-hydrogen) atoms. The predicted molar refractivity (Wildman–Crippen MR) is 48.5 cm³/mol. The molecule has 0 unspecified atom stereocenters. The predicted octanol–water partition coefficient (Wildman–Crippen LogP) is -1.42. The minimum atomic E-state index is -1.08. The molecule has 0 aromatic rings. The first-order chi connectivity index (χ1) is 5.50. The molecule has 0 saturated heterocycles. The van der Waals surface area contributed by atoms with Gasteiger partial charge in [-0.3, -0.25) is 9.79 Å². The molecule has 0 aromatic carbocycles. The second-order valence-electron chi connectivity index (χ2n) is 1.62. The second-order valence-corrected chi connectivity index (χ2v) is 1.62. The molecule has 7 heteroatoms. The van der Waals surface area contributed by atoms with Gasteiger partial charge in [0.05, 0.1) is 13.2 Å². The van der Waals surface area contributed by atoms with Crippen molar-refractivity contribution in [1.29, 1.82) is 0 Å². The molecule has 0 radical (unpaired) electrons. The summed E-state index contributed by atoms with van der Waals surface area (Å²) in [7, 11) is 0. The second kappa shape index (κ2) is 14.1. The van der Waals surface area contributed by atoms with Crippen molar-refractivity contribution < 1.29 is 24.9 Å². The van der Waals surface area contributed by atoms with E-state index in [-0.39, 0.29) is 42.7 Å². The fraction of sp³-hybridized carbons (Fsp3) is 0.500. The van der Waals surface area contributed by atoms with Gasteiger partial charge in [0, 0.05) is 6.92 Å². The zero-order valence-corrected chi connectivity index (χ0v) is 6.60. The van der Waals surface area contributed by atoms with E-state index in [1.807, 2.05) is 0 Å². The van der Waals surface area contributed by atoms with Crippen LogP contribution in [0, 0.1) is 0 Å². The summed E-state index contributed by atoms with van der Waals surface area (Å²) in [5, 5.41) is 23.4. The van der Waals surface area contributed by atoms with E-state index in [0.29, 0.717) is 0 Å². The molecule has 0 aromatic heterocycles. The molecule has 6 nitrogen and oxygen atoms in total. The topological polar surface area (TPSA) is 107 Å². The fourth-order valence-electron chi connectivity index (χ4n) is 0.200. The van der Waals surface area contributed by atoms with Crippen molar-refractivity contribution in [2.45, 2.75) is 6.92 Å². The Morgan fingerprint density at radius 3 is 2.00 bits per heavy atom. The minimum absolute atomic E-state index is 0. The molecule has 0 bridgehead atoms. The van der Waals surface area contributed by atoms with E-state index >= 15 is 0 Å². The van der Waals surface area contributed by atoms with Gasteiger partial charge in [0.1, 0.15) is 6.21 Å². The van der Waals surface area contributed by atoms with Crippen molar-refractivity contribution in [2.24, 2.45) is 4.99 Å². The molecular weight excluding hydrogens is 189 g/mol. The summed E-state index contributed by atoms with van der Waals surface area (Å²) in [6, 6.07) is 0. The Bertz CT molecular complexity index is 166. The van der Waals surface area contributed by atoms with Gasteiger partial charge in [-0.05, 0) is 0 Å². The molecule has 0 amide bonds. The maximum atomic E-state index is 9.64. The normalized spacial score (nSPS) is 8.15. The standard InChI is InChI=1S/C4H7NO3.C2H4O2.Na.H/c6-2-1-5-3-4(7)8;1-2(3)4;;/h3,6H,1-2H2,(H,7,8);1H3,(H,3,4);;. The molecule has 0 aliphatic carbocycles. The molecule has 0 aliphatic rings. The van der Waals surface area contributed by atoms with Crippen LogP contribution in [0.4, 0.5) is 0 Å². The van der Waals surface area contributed by atoms with Gasteiger partial charge < -0.3 is 15.3 Å². The van der Waals surface area contributed by atoms with Crippen molar-refractivity contribution in [3.8, 4) is 0 Å². The third-order valence-electron chi connectivity index (χ3n) is 0.431. The molecule has 0 aliphatic heterocycles. The number of rotatable bonds is 3. The van der Waals surface area contributed by atoms with Crippen molar-refractivity contribution in [1.82, 2.24) is 0 Å². The summed E-state index contributed by atoms with van der Waals surface area (Å²) < 4.78 is 0. The number of carboxylic acids is 2. The van der Waals surface area contributed by atoms with Crippen LogP contribution in [0.3, 0.4) is 0 Å². The van der Waals surface area contributed by atoms with Crippen LogP contribution < -0.4 is 0 Å². The van der Waals surface area contributed by atoms with E-state index in [2.05, 4.69) is 4.99 Å².